The van der Waals surface area contributed by atoms with Crippen LogP contribution in [0.3, 0.4) is 0 Å². The summed E-state index contributed by atoms with van der Waals surface area (Å²) in [6.45, 7) is 2.50. The standard InChI is InChI=1S/C16H19NO3/c1-2-5-11-6-3-4-7-13(11)17-10-12-8-9-14(18)16(20)15(12)19/h3-4,6-9,17-20H,2,5,10H2,1H3. The van der Waals surface area contributed by atoms with Crippen LogP contribution < -0.4 is 5.32 Å². The molecule has 0 saturated heterocycles. The quantitative estimate of drug-likeness (QED) is 0.630. The van der Waals surface area contributed by atoms with Gasteiger partial charge in [0.05, 0.1) is 0 Å². The smallest absolute Gasteiger partial charge is 0.200 e. The van der Waals surface area contributed by atoms with Crippen molar-refractivity contribution in [1.82, 2.24) is 0 Å². The molecule has 0 aliphatic rings. The van der Waals surface area contributed by atoms with E-state index in [4.69, 9.17) is 0 Å². The third-order valence-corrected chi connectivity index (χ3v) is 3.22. The lowest BCUT2D eigenvalue weighted by molar-refractivity contribution is 0.365. The zero-order chi connectivity index (χ0) is 14.5. The number of benzene rings is 2. The van der Waals surface area contributed by atoms with E-state index in [1.165, 1.54) is 11.6 Å². The normalized spacial score (nSPS) is 10.4. The Bertz CT molecular complexity index is 596. The van der Waals surface area contributed by atoms with Gasteiger partial charge in [0.25, 0.3) is 0 Å². The van der Waals surface area contributed by atoms with Crippen molar-refractivity contribution in [2.45, 2.75) is 26.3 Å². The van der Waals surface area contributed by atoms with Crippen molar-refractivity contribution >= 4 is 5.69 Å². The van der Waals surface area contributed by atoms with Crippen LogP contribution in [0.4, 0.5) is 5.69 Å². The first-order valence-corrected chi connectivity index (χ1v) is 6.68. The minimum absolute atomic E-state index is 0.287. The van der Waals surface area contributed by atoms with E-state index in [1.54, 1.807) is 6.07 Å². The van der Waals surface area contributed by atoms with Crippen molar-refractivity contribution in [2.24, 2.45) is 0 Å². The third-order valence-electron chi connectivity index (χ3n) is 3.22. The number of para-hydroxylation sites is 1. The van der Waals surface area contributed by atoms with Crippen molar-refractivity contribution in [3.8, 4) is 17.2 Å². The van der Waals surface area contributed by atoms with Crippen LogP contribution in [-0.2, 0) is 13.0 Å². The molecule has 0 aliphatic carbocycles. The van der Waals surface area contributed by atoms with Gasteiger partial charge < -0.3 is 20.6 Å². The lowest BCUT2D eigenvalue weighted by atomic mass is 10.1. The highest BCUT2D eigenvalue weighted by atomic mass is 16.3. The predicted octanol–water partition coefficient (Wildman–Crippen LogP) is 3.37. The number of aryl methyl sites for hydroxylation is 1. The van der Waals surface area contributed by atoms with Crippen LogP contribution in [0, 0.1) is 0 Å². The number of aromatic hydroxyl groups is 3. The summed E-state index contributed by atoms with van der Waals surface area (Å²) < 4.78 is 0. The SMILES string of the molecule is CCCc1ccccc1NCc1ccc(O)c(O)c1O. The number of hydrogen-bond acceptors (Lipinski definition) is 4. The van der Waals surface area contributed by atoms with E-state index in [0.29, 0.717) is 12.1 Å². The summed E-state index contributed by atoms with van der Waals surface area (Å²) in [5.41, 5.74) is 2.77. The number of nitrogens with one attached hydrogen (secondary N) is 1. The molecule has 20 heavy (non-hydrogen) atoms. The van der Waals surface area contributed by atoms with Gasteiger partial charge in [0.15, 0.2) is 11.5 Å². The van der Waals surface area contributed by atoms with Crippen molar-refractivity contribution in [2.75, 3.05) is 5.32 Å². The van der Waals surface area contributed by atoms with E-state index in [1.807, 2.05) is 18.2 Å². The first-order chi connectivity index (χ1) is 9.63. The highest BCUT2D eigenvalue weighted by Gasteiger charge is 2.11. The average Bonchev–Trinajstić information content (AvgIpc) is 2.46. The van der Waals surface area contributed by atoms with E-state index >= 15 is 0 Å². The molecule has 2 rings (SSSR count). The zero-order valence-electron chi connectivity index (χ0n) is 11.4. The first-order valence-electron chi connectivity index (χ1n) is 6.68. The molecule has 0 spiro atoms. The van der Waals surface area contributed by atoms with Gasteiger partial charge in [-0.3, -0.25) is 0 Å². The van der Waals surface area contributed by atoms with Crippen molar-refractivity contribution < 1.29 is 15.3 Å². The van der Waals surface area contributed by atoms with Crippen LogP contribution in [0.1, 0.15) is 24.5 Å². The van der Waals surface area contributed by atoms with Crippen molar-refractivity contribution in [1.29, 1.82) is 0 Å². The molecule has 0 unspecified atom stereocenters. The lowest BCUT2D eigenvalue weighted by Crippen LogP contribution is -2.02. The van der Waals surface area contributed by atoms with Crippen LogP contribution in [0.25, 0.3) is 0 Å². The fraction of sp³-hybridized carbons (Fsp3) is 0.250. The number of phenolic OH excluding ortho intramolecular Hbond substituents is 3. The fourth-order valence-corrected chi connectivity index (χ4v) is 2.12. The fourth-order valence-electron chi connectivity index (χ4n) is 2.12. The average molecular weight is 273 g/mol. The molecule has 0 heterocycles. The Morgan fingerprint density at radius 3 is 2.40 bits per heavy atom. The predicted molar refractivity (Wildman–Crippen MR) is 79.2 cm³/mol. The van der Waals surface area contributed by atoms with E-state index in [-0.39, 0.29) is 11.5 Å². The van der Waals surface area contributed by atoms with E-state index in [0.717, 1.165) is 18.5 Å². The Morgan fingerprint density at radius 1 is 0.900 bits per heavy atom. The molecule has 2 aromatic rings. The van der Waals surface area contributed by atoms with Crippen LogP contribution in [0.15, 0.2) is 36.4 Å². The second-order valence-electron chi connectivity index (χ2n) is 4.70. The summed E-state index contributed by atoms with van der Waals surface area (Å²) in [5, 5.41) is 31.8. The summed E-state index contributed by atoms with van der Waals surface area (Å²) in [4.78, 5) is 0. The Kier molecular flexibility index (Phi) is 4.35. The molecule has 4 N–H and O–H groups in total. The van der Waals surface area contributed by atoms with Gasteiger partial charge in [0.1, 0.15) is 0 Å². The summed E-state index contributed by atoms with van der Waals surface area (Å²) >= 11 is 0. The molecule has 4 nitrogen and oxygen atoms in total. The van der Waals surface area contributed by atoms with Crippen molar-refractivity contribution in [3.63, 3.8) is 0 Å². The second kappa shape index (κ2) is 6.19. The molecule has 0 aliphatic heterocycles. The van der Waals surface area contributed by atoms with Gasteiger partial charge in [-0.1, -0.05) is 31.5 Å². The molecular formula is C16H19NO3. The van der Waals surface area contributed by atoms with E-state index < -0.39 is 5.75 Å². The first kappa shape index (κ1) is 14.1. The van der Waals surface area contributed by atoms with Gasteiger partial charge in [-0.25, -0.2) is 0 Å². The van der Waals surface area contributed by atoms with Gasteiger partial charge >= 0.3 is 0 Å². The number of hydrogen-bond donors (Lipinski definition) is 4. The van der Waals surface area contributed by atoms with Gasteiger partial charge in [0.2, 0.25) is 5.75 Å². The molecule has 0 saturated carbocycles. The maximum absolute atomic E-state index is 9.78. The van der Waals surface area contributed by atoms with Crippen molar-refractivity contribution in [3.05, 3.63) is 47.5 Å². The Balaban J connectivity index is 2.15. The molecule has 0 amide bonds. The molecule has 0 aromatic heterocycles. The van der Waals surface area contributed by atoms with Gasteiger partial charge in [0, 0.05) is 17.8 Å². The minimum atomic E-state index is -0.480. The maximum Gasteiger partial charge on any atom is 0.200 e. The summed E-state index contributed by atoms with van der Waals surface area (Å²) in [6, 6.07) is 11.0. The molecule has 0 fully saturated rings. The van der Waals surface area contributed by atoms with Gasteiger partial charge in [-0.2, -0.15) is 0 Å². The molecule has 0 atom stereocenters. The number of anilines is 1. The molecule has 4 heteroatoms. The summed E-state index contributed by atoms with van der Waals surface area (Å²) in [5.74, 6) is -1.09. The van der Waals surface area contributed by atoms with Gasteiger partial charge in [-0.05, 0) is 30.2 Å². The summed E-state index contributed by atoms with van der Waals surface area (Å²) in [6.07, 6.45) is 2.04. The Hall–Kier alpha value is -2.36. The van der Waals surface area contributed by atoms with E-state index in [2.05, 4.69) is 18.3 Å². The third kappa shape index (κ3) is 2.96. The minimum Gasteiger partial charge on any atom is -0.504 e. The van der Waals surface area contributed by atoms with Crippen LogP contribution >= 0.6 is 0 Å². The monoisotopic (exact) mass is 273 g/mol. The Morgan fingerprint density at radius 2 is 1.65 bits per heavy atom. The molecule has 0 radical (unpaired) electrons. The molecule has 2 aromatic carbocycles. The van der Waals surface area contributed by atoms with E-state index in [9.17, 15) is 15.3 Å². The summed E-state index contributed by atoms with van der Waals surface area (Å²) in [7, 11) is 0. The topological polar surface area (TPSA) is 72.7 Å². The molecule has 106 valence electrons. The van der Waals surface area contributed by atoms with Gasteiger partial charge in [-0.15, -0.1) is 0 Å². The highest BCUT2D eigenvalue weighted by Crippen LogP contribution is 2.37. The number of phenols is 3. The number of rotatable bonds is 5. The molecular weight excluding hydrogens is 254 g/mol. The molecule has 0 bridgehead atoms. The largest absolute Gasteiger partial charge is 0.504 e. The maximum atomic E-state index is 9.78. The van der Waals surface area contributed by atoms with Crippen LogP contribution in [0.2, 0.25) is 0 Å². The second-order valence-corrected chi connectivity index (χ2v) is 4.70. The lowest BCUT2D eigenvalue weighted by Gasteiger charge is -2.13. The highest BCUT2D eigenvalue weighted by molar-refractivity contribution is 5.56. The Labute approximate surface area is 118 Å². The van der Waals surface area contributed by atoms with Crippen LogP contribution in [-0.4, -0.2) is 15.3 Å². The zero-order valence-corrected chi connectivity index (χ0v) is 11.4. The van der Waals surface area contributed by atoms with Crippen LogP contribution in [0.5, 0.6) is 17.2 Å².